The molecule has 0 aromatic carbocycles. The SMILES string of the molecule is CC/C=C\C/C=C\C/C=C\C/C=C\C/C=C\CCCC(=O)OC(COCCCCC/C=C\C/C=C\C/C=C\C/C=C\CC)COP(=O)([O-])OCC[N+](C)(C)C. The van der Waals surface area contributed by atoms with E-state index in [0.717, 1.165) is 89.9 Å². The second kappa shape index (κ2) is 38.1. The van der Waals surface area contributed by atoms with Crippen molar-refractivity contribution in [2.75, 3.05) is 54.1 Å². The van der Waals surface area contributed by atoms with E-state index in [0.29, 0.717) is 24.1 Å². The quantitative estimate of drug-likeness (QED) is 0.0205. The minimum absolute atomic E-state index is 0.00193. The van der Waals surface area contributed by atoms with Crippen LogP contribution in [0.25, 0.3) is 0 Å². The predicted molar refractivity (Wildman–Crippen MR) is 231 cm³/mol. The first-order valence-electron chi connectivity index (χ1n) is 20.6. The second-order valence-electron chi connectivity index (χ2n) is 14.2. The van der Waals surface area contributed by atoms with Crippen molar-refractivity contribution in [2.45, 2.75) is 123 Å². The van der Waals surface area contributed by atoms with Gasteiger partial charge in [0.2, 0.25) is 0 Å². The Bertz CT molecular complexity index is 1240. The Morgan fingerprint density at radius 2 is 1.00 bits per heavy atom. The molecule has 2 unspecified atom stereocenters. The zero-order valence-corrected chi connectivity index (χ0v) is 36.0. The van der Waals surface area contributed by atoms with Crippen molar-refractivity contribution in [3.63, 3.8) is 0 Å². The Hall–Kier alpha value is -2.84. The highest BCUT2D eigenvalue weighted by atomic mass is 31.2. The molecule has 0 rings (SSSR count). The van der Waals surface area contributed by atoms with E-state index in [1.165, 1.54) is 0 Å². The highest BCUT2D eigenvalue weighted by Gasteiger charge is 2.20. The minimum atomic E-state index is -4.56. The summed E-state index contributed by atoms with van der Waals surface area (Å²) in [7, 11) is 1.27. The number of allylic oxidation sites excluding steroid dienone is 18. The number of ether oxygens (including phenoxy) is 2. The molecule has 0 saturated heterocycles. The Balaban J connectivity index is 4.47. The van der Waals surface area contributed by atoms with Crippen molar-refractivity contribution in [3.8, 4) is 0 Å². The topological polar surface area (TPSA) is 94.1 Å². The highest BCUT2D eigenvalue weighted by molar-refractivity contribution is 7.45. The first-order chi connectivity index (χ1) is 26.6. The van der Waals surface area contributed by atoms with E-state index in [9.17, 15) is 14.3 Å². The summed E-state index contributed by atoms with van der Waals surface area (Å²) in [5.74, 6) is -0.408. The van der Waals surface area contributed by atoms with Crippen LogP contribution in [0.15, 0.2) is 109 Å². The van der Waals surface area contributed by atoms with Gasteiger partial charge < -0.3 is 27.9 Å². The van der Waals surface area contributed by atoms with Crippen molar-refractivity contribution in [3.05, 3.63) is 109 Å². The van der Waals surface area contributed by atoms with Gasteiger partial charge in [-0.15, -0.1) is 0 Å². The maximum Gasteiger partial charge on any atom is 0.306 e. The summed E-state index contributed by atoms with van der Waals surface area (Å²) >= 11 is 0. The van der Waals surface area contributed by atoms with Crippen molar-refractivity contribution in [2.24, 2.45) is 0 Å². The maximum atomic E-state index is 12.6. The number of esters is 1. The lowest BCUT2D eigenvalue weighted by Crippen LogP contribution is -2.37. The first kappa shape index (κ1) is 52.2. The largest absolute Gasteiger partial charge is 0.756 e. The van der Waals surface area contributed by atoms with Crippen LogP contribution in [0.1, 0.15) is 117 Å². The smallest absolute Gasteiger partial charge is 0.306 e. The Morgan fingerprint density at radius 3 is 1.45 bits per heavy atom. The molecule has 8 nitrogen and oxygen atoms in total. The number of carbonyl (C=O) groups is 1. The van der Waals surface area contributed by atoms with E-state index >= 15 is 0 Å². The van der Waals surface area contributed by atoms with Crippen LogP contribution >= 0.6 is 7.82 Å². The van der Waals surface area contributed by atoms with Gasteiger partial charge in [0.15, 0.2) is 0 Å². The van der Waals surface area contributed by atoms with Crippen LogP contribution in [0, 0.1) is 0 Å². The third-order valence-electron chi connectivity index (χ3n) is 7.82. The van der Waals surface area contributed by atoms with Gasteiger partial charge in [0.25, 0.3) is 7.82 Å². The average Bonchev–Trinajstić information content (AvgIpc) is 3.13. The fraction of sp³-hybridized carbons (Fsp3) is 0.587. The first-order valence-corrected chi connectivity index (χ1v) is 22.1. The van der Waals surface area contributed by atoms with Gasteiger partial charge in [-0.05, 0) is 89.9 Å². The monoisotopic (exact) mass is 786 g/mol. The third kappa shape index (κ3) is 42.1. The highest BCUT2D eigenvalue weighted by Crippen LogP contribution is 2.38. The number of hydrogen-bond acceptors (Lipinski definition) is 7. The molecule has 0 aliphatic carbocycles. The number of quaternary nitrogens is 1. The minimum Gasteiger partial charge on any atom is -0.756 e. The molecule has 55 heavy (non-hydrogen) atoms. The van der Waals surface area contributed by atoms with E-state index in [2.05, 4.69) is 123 Å². The molecule has 0 radical (unpaired) electrons. The van der Waals surface area contributed by atoms with Gasteiger partial charge in [-0.25, -0.2) is 0 Å². The van der Waals surface area contributed by atoms with Crippen LogP contribution in [-0.4, -0.2) is 70.7 Å². The average molecular weight is 786 g/mol. The Kier molecular flexibility index (Phi) is 36.1. The van der Waals surface area contributed by atoms with E-state index in [4.69, 9.17) is 18.5 Å². The van der Waals surface area contributed by atoms with E-state index in [1.54, 1.807) is 0 Å². The molecular formula is C46H76NO7P. The van der Waals surface area contributed by atoms with Crippen LogP contribution in [0.3, 0.4) is 0 Å². The summed E-state index contributed by atoms with van der Waals surface area (Å²) in [5, 5.41) is 0. The number of nitrogens with zero attached hydrogens (tertiary/aromatic N) is 1. The van der Waals surface area contributed by atoms with Gasteiger partial charge in [-0.3, -0.25) is 9.36 Å². The third-order valence-corrected chi connectivity index (χ3v) is 8.78. The fourth-order valence-corrected chi connectivity index (χ4v) is 5.42. The number of phosphoric ester groups is 1. The number of rotatable bonds is 36. The molecule has 0 aliphatic rings. The molecule has 0 aromatic heterocycles. The number of phosphoric acid groups is 1. The molecule has 9 heteroatoms. The van der Waals surface area contributed by atoms with Crippen LogP contribution in [0.5, 0.6) is 0 Å². The van der Waals surface area contributed by atoms with Crippen molar-refractivity contribution in [1.82, 2.24) is 0 Å². The van der Waals surface area contributed by atoms with Crippen LogP contribution < -0.4 is 4.89 Å². The second-order valence-corrected chi connectivity index (χ2v) is 15.6. The van der Waals surface area contributed by atoms with Crippen molar-refractivity contribution < 1.29 is 37.3 Å². The van der Waals surface area contributed by atoms with Gasteiger partial charge in [0.05, 0.1) is 34.4 Å². The standard InChI is InChI=1S/C46H76NO7P/c1-6-8-10-12-14-16-18-20-22-24-25-27-29-31-33-35-37-39-46(48)54-45(44-53-55(49,50)52-42-40-47(3,4)5)43-51-41-38-36-34-32-30-28-26-23-21-19-17-15-13-11-9-7-2/h8-11,14-17,20-23,25,27-28,30-31,33,45H,6-7,12-13,18-19,24,26,29,32,34-44H2,1-5H3/b10-8-,11-9-,16-14-,17-15-,22-20-,23-21-,27-25-,30-28-,33-31-. The van der Waals surface area contributed by atoms with Gasteiger partial charge in [-0.2, -0.15) is 0 Å². The molecule has 0 heterocycles. The number of hydrogen-bond donors (Lipinski definition) is 0. The molecule has 0 aromatic rings. The van der Waals surface area contributed by atoms with Crippen LogP contribution in [-0.2, 0) is 27.9 Å². The van der Waals surface area contributed by atoms with Gasteiger partial charge in [-0.1, -0.05) is 130 Å². The zero-order valence-electron chi connectivity index (χ0n) is 35.1. The molecular weight excluding hydrogens is 709 g/mol. The Labute approximate surface area is 336 Å². The summed E-state index contributed by atoms with van der Waals surface area (Å²) in [5.41, 5.74) is 0. The lowest BCUT2D eigenvalue weighted by atomic mass is 10.2. The fourth-order valence-electron chi connectivity index (χ4n) is 4.69. The van der Waals surface area contributed by atoms with Crippen molar-refractivity contribution in [1.29, 1.82) is 0 Å². The van der Waals surface area contributed by atoms with E-state index in [1.807, 2.05) is 21.1 Å². The molecule has 0 aliphatic heterocycles. The molecule has 0 N–H and O–H groups in total. The number of likely N-dealkylation sites (N-methyl/N-ethyl adjacent to an activating group) is 1. The molecule has 312 valence electrons. The van der Waals surface area contributed by atoms with Gasteiger partial charge in [0.1, 0.15) is 19.3 Å². The van der Waals surface area contributed by atoms with Crippen molar-refractivity contribution >= 4 is 13.8 Å². The molecule has 2 atom stereocenters. The van der Waals surface area contributed by atoms with Gasteiger partial charge in [0, 0.05) is 13.0 Å². The lowest BCUT2D eigenvalue weighted by Gasteiger charge is -2.28. The predicted octanol–water partition coefficient (Wildman–Crippen LogP) is 11.4. The lowest BCUT2D eigenvalue weighted by molar-refractivity contribution is -0.870. The molecule has 0 bridgehead atoms. The van der Waals surface area contributed by atoms with Crippen LogP contribution in [0.4, 0.5) is 0 Å². The zero-order chi connectivity index (χ0) is 40.6. The summed E-state index contributed by atoms with van der Waals surface area (Å²) in [6.07, 6.45) is 52.6. The Morgan fingerprint density at radius 1 is 0.564 bits per heavy atom. The summed E-state index contributed by atoms with van der Waals surface area (Å²) in [4.78, 5) is 25.0. The van der Waals surface area contributed by atoms with E-state index < -0.39 is 19.9 Å². The summed E-state index contributed by atoms with van der Waals surface area (Å²) in [6.45, 7) is 4.97. The normalized spacial score (nSPS) is 14.9. The molecule has 0 saturated carbocycles. The maximum absolute atomic E-state index is 12.6. The number of carbonyl (C=O) groups excluding carboxylic acids is 1. The summed E-state index contributed by atoms with van der Waals surface area (Å²) < 4.78 is 34.4. The van der Waals surface area contributed by atoms with Gasteiger partial charge >= 0.3 is 5.97 Å². The van der Waals surface area contributed by atoms with E-state index in [-0.39, 0.29) is 26.2 Å². The molecule has 0 amide bonds. The molecule has 0 spiro atoms. The molecule has 0 fully saturated rings. The van der Waals surface area contributed by atoms with Crippen LogP contribution in [0.2, 0.25) is 0 Å². The summed E-state index contributed by atoms with van der Waals surface area (Å²) in [6, 6.07) is 0. The number of unbranched alkanes of at least 4 members (excludes halogenated alkanes) is 4.